The molecule has 0 saturated carbocycles. The summed E-state index contributed by atoms with van der Waals surface area (Å²) in [6.45, 7) is 4.95. The Hall–Kier alpha value is -3.16. The van der Waals surface area contributed by atoms with Crippen molar-refractivity contribution in [2.75, 3.05) is 18.0 Å². The van der Waals surface area contributed by atoms with Crippen LogP contribution in [0.2, 0.25) is 0 Å². The van der Waals surface area contributed by atoms with Gasteiger partial charge in [0.15, 0.2) is 5.89 Å². The van der Waals surface area contributed by atoms with Crippen LogP contribution in [0.25, 0.3) is 11.4 Å². The summed E-state index contributed by atoms with van der Waals surface area (Å²) in [7, 11) is 0. The molecular formula is C18H20N6O2. The number of carbonyl (C=O) groups excluding carboxylic acids is 1. The Balaban J connectivity index is 1.43. The Bertz CT molecular complexity index is 918. The maximum atomic E-state index is 12.4. The number of H-pyrrole nitrogens is 1. The number of nitrogens with zero attached hydrogens (tertiary/aromatic N) is 4. The van der Waals surface area contributed by atoms with E-state index in [2.05, 4.69) is 30.2 Å². The number of hydrogen-bond acceptors (Lipinski definition) is 6. The third-order valence-corrected chi connectivity index (χ3v) is 4.43. The Morgan fingerprint density at radius 3 is 2.96 bits per heavy atom. The van der Waals surface area contributed by atoms with Crippen molar-refractivity contribution in [2.45, 2.75) is 26.3 Å². The average molecular weight is 352 g/mol. The molecule has 0 bridgehead atoms. The maximum absolute atomic E-state index is 12.4. The molecule has 1 atom stereocenters. The third kappa shape index (κ3) is 3.17. The van der Waals surface area contributed by atoms with E-state index in [0.717, 1.165) is 24.4 Å². The summed E-state index contributed by atoms with van der Waals surface area (Å²) < 4.78 is 5.39. The second-order valence-electron chi connectivity index (χ2n) is 6.38. The first-order valence-electron chi connectivity index (χ1n) is 8.57. The van der Waals surface area contributed by atoms with Crippen LogP contribution in [0.4, 0.5) is 5.95 Å². The van der Waals surface area contributed by atoms with Crippen LogP contribution in [-0.2, 0) is 0 Å². The first-order valence-corrected chi connectivity index (χ1v) is 8.57. The zero-order valence-corrected chi connectivity index (χ0v) is 14.7. The number of rotatable bonds is 4. The highest BCUT2D eigenvalue weighted by atomic mass is 16.4. The van der Waals surface area contributed by atoms with Crippen molar-refractivity contribution >= 4 is 11.9 Å². The van der Waals surface area contributed by atoms with Gasteiger partial charge in [0.2, 0.25) is 11.7 Å². The number of nitrogens with one attached hydrogen (secondary N) is 2. The predicted molar refractivity (Wildman–Crippen MR) is 95.9 cm³/mol. The van der Waals surface area contributed by atoms with E-state index in [1.807, 2.05) is 24.4 Å². The molecule has 1 unspecified atom stereocenters. The monoisotopic (exact) mass is 352 g/mol. The second-order valence-corrected chi connectivity index (χ2v) is 6.38. The molecular weight excluding hydrogens is 332 g/mol. The number of aryl methyl sites for hydroxylation is 2. The molecule has 0 spiro atoms. The molecule has 4 rings (SSSR count). The van der Waals surface area contributed by atoms with Crippen molar-refractivity contribution < 1.29 is 9.21 Å². The van der Waals surface area contributed by atoms with Gasteiger partial charge in [-0.15, -0.1) is 0 Å². The van der Waals surface area contributed by atoms with Gasteiger partial charge in [-0.05, 0) is 31.5 Å². The molecule has 8 heteroatoms. The maximum Gasteiger partial charge on any atom is 0.289 e. The second kappa shape index (κ2) is 6.62. The van der Waals surface area contributed by atoms with Gasteiger partial charge < -0.3 is 19.6 Å². The van der Waals surface area contributed by atoms with Crippen LogP contribution >= 0.6 is 0 Å². The summed E-state index contributed by atoms with van der Waals surface area (Å²) in [6, 6.07) is 5.80. The van der Waals surface area contributed by atoms with Gasteiger partial charge in [-0.2, -0.15) is 0 Å². The van der Waals surface area contributed by atoms with Gasteiger partial charge in [0, 0.05) is 38.4 Å². The summed E-state index contributed by atoms with van der Waals surface area (Å²) >= 11 is 0. The number of anilines is 1. The van der Waals surface area contributed by atoms with Crippen molar-refractivity contribution in [3.63, 3.8) is 0 Å². The predicted octanol–water partition coefficient (Wildman–Crippen LogP) is 2.09. The first-order chi connectivity index (χ1) is 12.6. The highest BCUT2D eigenvalue weighted by molar-refractivity contribution is 5.92. The largest absolute Gasteiger partial charge is 0.436 e. The normalized spacial score (nSPS) is 16.8. The molecule has 3 aromatic rings. The van der Waals surface area contributed by atoms with E-state index in [0.29, 0.717) is 24.1 Å². The number of hydrogen-bond donors (Lipinski definition) is 2. The first kappa shape index (κ1) is 16.3. The quantitative estimate of drug-likeness (QED) is 0.746. The van der Waals surface area contributed by atoms with E-state index in [9.17, 15) is 4.79 Å². The van der Waals surface area contributed by atoms with Gasteiger partial charge in [0.05, 0.1) is 17.1 Å². The number of aromatic amines is 1. The van der Waals surface area contributed by atoms with E-state index in [-0.39, 0.29) is 17.7 Å². The number of amides is 1. The fraction of sp³-hybridized carbons (Fsp3) is 0.333. The molecule has 0 radical (unpaired) electrons. The molecule has 4 heterocycles. The van der Waals surface area contributed by atoms with Crippen LogP contribution in [0.15, 0.2) is 35.0 Å². The molecule has 1 saturated heterocycles. The zero-order valence-electron chi connectivity index (χ0n) is 14.7. The Kier molecular flexibility index (Phi) is 4.16. The van der Waals surface area contributed by atoms with Crippen LogP contribution in [0.3, 0.4) is 0 Å². The summed E-state index contributed by atoms with van der Waals surface area (Å²) in [6.07, 6.45) is 4.45. The van der Waals surface area contributed by atoms with Crippen molar-refractivity contribution in [1.82, 2.24) is 25.3 Å². The molecule has 1 aliphatic rings. The fourth-order valence-electron chi connectivity index (χ4n) is 3.19. The lowest BCUT2D eigenvalue weighted by molar-refractivity contribution is 0.0910. The van der Waals surface area contributed by atoms with Crippen molar-refractivity contribution in [1.29, 1.82) is 0 Å². The lowest BCUT2D eigenvalue weighted by Gasteiger charge is -2.17. The van der Waals surface area contributed by atoms with Crippen LogP contribution in [-0.4, -0.2) is 45.0 Å². The van der Waals surface area contributed by atoms with Gasteiger partial charge in [0.1, 0.15) is 0 Å². The molecule has 1 fully saturated rings. The molecule has 0 aromatic carbocycles. The van der Waals surface area contributed by atoms with Gasteiger partial charge >= 0.3 is 0 Å². The topological polar surface area (TPSA) is 99.9 Å². The van der Waals surface area contributed by atoms with E-state index >= 15 is 0 Å². The fourth-order valence-corrected chi connectivity index (χ4v) is 3.19. The summed E-state index contributed by atoms with van der Waals surface area (Å²) in [5.74, 6) is 1.22. The van der Waals surface area contributed by atoms with Crippen molar-refractivity contribution in [3.05, 3.63) is 47.9 Å². The van der Waals surface area contributed by atoms with Gasteiger partial charge in [-0.1, -0.05) is 0 Å². The average Bonchev–Trinajstić information content (AvgIpc) is 3.36. The van der Waals surface area contributed by atoms with Gasteiger partial charge in [0.25, 0.3) is 5.91 Å². The van der Waals surface area contributed by atoms with Crippen molar-refractivity contribution in [3.8, 4) is 11.4 Å². The standard InChI is InChI=1S/C18H20N6O2/c1-11-16(26-12(2)21-11)17(25)22-13-6-9-24(10-13)18-20-8-5-15(23-18)14-4-3-7-19-14/h3-5,7-8,13,19H,6,9-10H2,1-2H3,(H,22,25). The van der Waals surface area contributed by atoms with Crippen LogP contribution < -0.4 is 10.2 Å². The molecule has 1 amide bonds. The van der Waals surface area contributed by atoms with E-state index in [1.165, 1.54) is 0 Å². The SMILES string of the molecule is Cc1nc(C)c(C(=O)NC2CCN(c3nccc(-c4ccc[nH]4)n3)C2)o1. The molecule has 8 nitrogen and oxygen atoms in total. The van der Waals surface area contributed by atoms with Crippen molar-refractivity contribution in [2.24, 2.45) is 0 Å². The van der Waals surface area contributed by atoms with E-state index in [1.54, 1.807) is 20.0 Å². The van der Waals surface area contributed by atoms with Crippen LogP contribution in [0, 0.1) is 13.8 Å². The molecule has 1 aliphatic heterocycles. The highest BCUT2D eigenvalue weighted by Crippen LogP contribution is 2.20. The lowest BCUT2D eigenvalue weighted by atomic mass is 10.2. The number of aromatic nitrogens is 4. The summed E-state index contributed by atoms with van der Waals surface area (Å²) in [4.78, 5) is 30.8. The highest BCUT2D eigenvalue weighted by Gasteiger charge is 2.27. The third-order valence-electron chi connectivity index (χ3n) is 4.43. The van der Waals surface area contributed by atoms with Crippen LogP contribution in [0.5, 0.6) is 0 Å². The zero-order chi connectivity index (χ0) is 18.1. The number of carbonyl (C=O) groups is 1. The molecule has 3 aromatic heterocycles. The molecule has 26 heavy (non-hydrogen) atoms. The van der Waals surface area contributed by atoms with Gasteiger partial charge in [-0.3, -0.25) is 4.79 Å². The Morgan fingerprint density at radius 2 is 2.23 bits per heavy atom. The smallest absolute Gasteiger partial charge is 0.289 e. The molecule has 2 N–H and O–H groups in total. The van der Waals surface area contributed by atoms with E-state index in [4.69, 9.17) is 4.42 Å². The lowest BCUT2D eigenvalue weighted by Crippen LogP contribution is -2.37. The minimum atomic E-state index is -0.226. The summed E-state index contributed by atoms with van der Waals surface area (Å²) in [5, 5.41) is 3.02. The molecule has 134 valence electrons. The van der Waals surface area contributed by atoms with Gasteiger partial charge in [-0.25, -0.2) is 15.0 Å². The van der Waals surface area contributed by atoms with E-state index < -0.39 is 0 Å². The number of oxazole rings is 1. The van der Waals surface area contributed by atoms with Crippen LogP contribution in [0.1, 0.15) is 28.6 Å². The Morgan fingerprint density at radius 1 is 1.35 bits per heavy atom. The minimum Gasteiger partial charge on any atom is -0.436 e. The minimum absolute atomic E-state index is 0.0186. The Labute approximate surface area is 150 Å². The summed E-state index contributed by atoms with van der Waals surface area (Å²) in [5.41, 5.74) is 2.41. The molecule has 0 aliphatic carbocycles.